The monoisotopic (exact) mass is 332 g/mol. The molecule has 0 aliphatic carbocycles. The first-order chi connectivity index (χ1) is 11.6. The van der Waals surface area contributed by atoms with E-state index < -0.39 is 11.6 Å². The van der Waals surface area contributed by atoms with E-state index in [0.29, 0.717) is 6.61 Å². The van der Waals surface area contributed by atoms with Gasteiger partial charge < -0.3 is 4.74 Å². The number of benzene rings is 2. The van der Waals surface area contributed by atoms with Crippen molar-refractivity contribution in [1.29, 1.82) is 0 Å². The van der Waals surface area contributed by atoms with Crippen LogP contribution >= 0.6 is 0 Å². The van der Waals surface area contributed by atoms with Crippen molar-refractivity contribution in [3.8, 4) is 5.75 Å². The minimum atomic E-state index is -0.624. The number of aromatic nitrogens is 2. The van der Waals surface area contributed by atoms with Crippen LogP contribution in [0.2, 0.25) is 0 Å². The van der Waals surface area contributed by atoms with Gasteiger partial charge >= 0.3 is 0 Å². The summed E-state index contributed by atoms with van der Waals surface area (Å²) in [4.78, 5) is 0. The van der Waals surface area contributed by atoms with Crippen LogP contribution in [0, 0.1) is 18.6 Å². The van der Waals surface area contributed by atoms with E-state index in [2.05, 4.69) is 5.10 Å². The predicted molar refractivity (Wildman–Crippen MR) is 92.4 cm³/mol. The van der Waals surface area contributed by atoms with Gasteiger partial charge in [-0.15, -0.1) is 0 Å². The van der Waals surface area contributed by atoms with E-state index in [1.165, 1.54) is 12.1 Å². The van der Waals surface area contributed by atoms with E-state index in [4.69, 9.17) is 4.74 Å². The number of hydrogen-bond donors (Lipinski definition) is 0. The molecule has 0 unspecified atom stereocenters. The second-order valence-electron chi connectivity index (χ2n) is 5.06. The Kier molecular flexibility index (Phi) is 5.90. The third kappa shape index (κ3) is 3.55. The van der Waals surface area contributed by atoms with Crippen molar-refractivity contribution >= 4 is 10.9 Å². The Morgan fingerprint density at radius 3 is 2.33 bits per heavy atom. The fraction of sp³-hybridized carbons (Fsp3) is 0.316. The van der Waals surface area contributed by atoms with Crippen LogP contribution in [0.4, 0.5) is 8.78 Å². The normalized spacial score (nSPS) is 10.4. The van der Waals surface area contributed by atoms with Crippen molar-refractivity contribution < 1.29 is 13.5 Å². The van der Waals surface area contributed by atoms with Crippen LogP contribution in [-0.2, 0) is 6.54 Å². The molecule has 2 aromatic carbocycles. The second kappa shape index (κ2) is 7.90. The van der Waals surface area contributed by atoms with Gasteiger partial charge in [0.25, 0.3) is 0 Å². The van der Waals surface area contributed by atoms with Gasteiger partial charge in [0.1, 0.15) is 17.4 Å². The number of nitrogens with zero attached hydrogens (tertiary/aromatic N) is 2. The summed E-state index contributed by atoms with van der Waals surface area (Å²) in [5.41, 5.74) is 1.67. The maximum Gasteiger partial charge on any atom is 0.134 e. The number of halogens is 2. The third-order valence-electron chi connectivity index (χ3n) is 3.58. The predicted octanol–water partition coefficient (Wildman–Crippen LogP) is 5.10. The highest BCUT2D eigenvalue weighted by Gasteiger charge is 2.15. The summed E-state index contributed by atoms with van der Waals surface area (Å²) in [6.45, 7) is 8.05. The maximum absolute atomic E-state index is 14.2. The van der Waals surface area contributed by atoms with Crippen LogP contribution in [-0.4, -0.2) is 16.4 Å². The van der Waals surface area contributed by atoms with Gasteiger partial charge in [-0.2, -0.15) is 5.10 Å². The van der Waals surface area contributed by atoms with E-state index >= 15 is 0 Å². The second-order valence-corrected chi connectivity index (χ2v) is 5.06. The molecule has 0 aliphatic heterocycles. The molecule has 1 heterocycles. The maximum atomic E-state index is 14.2. The van der Waals surface area contributed by atoms with Crippen LogP contribution in [0.25, 0.3) is 10.9 Å². The highest BCUT2D eigenvalue weighted by molar-refractivity contribution is 5.81. The Morgan fingerprint density at radius 1 is 1.08 bits per heavy atom. The molecule has 0 N–H and O–H groups in total. The summed E-state index contributed by atoms with van der Waals surface area (Å²) in [5.74, 6) is -1.05. The Labute approximate surface area is 140 Å². The molecule has 1 aromatic heterocycles. The van der Waals surface area contributed by atoms with Gasteiger partial charge in [-0.1, -0.05) is 32.0 Å². The van der Waals surface area contributed by atoms with Gasteiger partial charge in [-0.05, 0) is 19.9 Å². The summed E-state index contributed by atoms with van der Waals surface area (Å²) in [6, 6.07) is 10.0. The van der Waals surface area contributed by atoms with Gasteiger partial charge in [0.15, 0.2) is 0 Å². The molecule has 3 aromatic rings. The van der Waals surface area contributed by atoms with Crippen LogP contribution < -0.4 is 4.74 Å². The lowest BCUT2D eigenvalue weighted by Gasteiger charge is -2.09. The molecule has 24 heavy (non-hydrogen) atoms. The number of fused-ring (bicyclic) bond motifs is 1. The number of hydrogen-bond acceptors (Lipinski definition) is 2. The summed E-state index contributed by atoms with van der Waals surface area (Å²) in [5, 5.41) is 5.36. The largest absolute Gasteiger partial charge is 0.494 e. The molecule has 3 rings (SSSR count). The Balaban J connectivity index is 0.00000100. The standard InChI is InChI=1S/C17H16F2N2O.C2H6/c1-3-22-12-8-15(18)14(16(19)9-12)10-21-17-7-5-4-6-13(17)11(2)20-21;1-2/h4-9H,3,10H2,1-2H3;1-2H3. The molecular weight excluding hydrogens is 310 g/mol. The van der Waals surface area contributed by atoms with Gasteiger partial charge in [-0.25, -0.2) is 8.78 Å². The molecule has 0 amide bonds. The van der Waals surface area contributed by atoms with Gasteiger partial charge in [-0.3, -0.25) is 4.68 Å². The van der Waals surface area contributed by atoms with Crippen molar-refractivity contribution in [2.75, 3.05) is 6.61 Å². The first-order valence-corrected chi connectivity index (χ1v) is 8.13. The molecule has 0 bridgehead atoms. The summed E-state index contributed by atoms with van der Waals surface area (Å²) >= 11 is 0. The fourth-order valence-electron chi connectivity index (χ4n) is 2.54. The molecule has 5 heteroatoms. The van der Waals surface area contributed by atoms with E-state index in [9.17, 15) is 8.78 Å². The van der Waals surface area contributed by atoms with Gasteiger partial charge in [0.2, 0.25) is 0 Å². The first kappa shape index (κ1) is 17.9. The molecule has 0 fully saturated rings. The molecule has 0 saturated heterocycles. The molecule has 0 atom stereocenters. The Bertz CT molecular complexity index is 804. The smallest absolute Gasteiger partial charge is 0.134 e. The van der Waals surface area contributed by atoms with E-state index in [1.807, 2.05) is 45.0 Å². The van der Waals surface area contributed by atoms with Crippen molar-refractivity contribution in [3.63, 3.8) is 0 Å². The minimum absolute atomic E-state index is 0.0169. The summed E-state index contributed by atoms with van der Waals surface area (Å²) in [6.07, 6.45) is 0. The SMILES string of the molecule is CC.CCOc1cc(F)c(Cn2nc(C)c3ccccc32)c(F)c1. The number of aryl methyl sites for hydroxylation is 1. The molecule has 0 spiro atoms. The number of ether oxygens (including phenoxy) is 1. The lowest BCUT2D eigenvalue weighted by Crippen LogP contribution is -2.07. The van der Waals surface area contributed by atoms with Crippen molar-refractivity contribution in [2.24, 2.45) is 0 Å². The third-order valence-corrected chi connectivity index (χ3v) is 3.58. The average molecular weight is 332 g/mol. The van der Waals surface area contributed by atoms with Gasteiger partial charge in [0, 0.05) is 23.1 Å². The molecule has 128 valence electrons. The van der Waals surface area contributed by atoms with Crippen molar-refractivity contribution in [2.45, 2.75) is 34.2 Å². The molecule has 0 aliphatic rings. The zero-order chi connectivity index (χ0) is 17.7. The average Bonchev–Trinajstić information content (AvgIpc) is 2.90. The van der Waals surface area contributed by atoms with Gasteiger partial charge in [0.05, 0.1) is 24.4 Å². The lowest BCUT2D eigenvalue weighted by atomic mass is 10.1. The van der Waals surface area contributed by atoms with Crippen LogP contribution in [0.1, 0.15) is 32.0 Å². The van der Waals surface area contributed by atoms with Crippen molar-refractivity contribution in [1.82, 2.24) is 9.78 Å². The zero-order valence-electron chi connectivity index (χ0n) is 14.4. The quantitative estimate of drug-likeness (QED) is 0.665. The lowest BCUT2D eigenvalue weighted by molar-refractivity contribution is 0.335. The fourth-order valence-corrected chi connectivity index (χ4v) is 2.54. The van der Waals surface area contributed by atoms with Crippen LogP contribution in [0.15, 0.2) is 36.4 Å². The highest BCUT2D eigenvalue weighted by Crippen LogP contribution is 2.24. The number of para-hydroxylation sites is 1. The van der Waals surface area contributed by atoms with E-state index in [-0.39, 0.29) is 17.9 Å². The molecule has 0 radical (unpaired) electrons. The molecular formula is C19H22F2N2O. The van der Waals surface area contributed by atoms with Crippen molar-refractivity contribution in [3.05, 3.63) is 59.3 Å². The van der Waals surface area contributed by atoms with Crippen LogP contribution in [0.3, 0.4) is 0 Å². The first-order valence-electron chi connectivity index (χ1n) is 8.13. The van der Waals surface area contributed by atoms with E-state index in [1.54, 1.807) is 11.6 Å². The highest BCUT2D eigenvalue weighted by atomic mass is 19.1. The minimum Gasteiger partial charge on any atom is -0.494 e. The topological polar surface area (TPSA) is 27.1 Å². The Hall–Kier alpha value is -2.43. The summed E-state index contributed by atoms with van der Waals surface area (Å²) < 4.78 is 35.1. The molecule has 3 nitrogen and oxygen atoms in total. The Morgan fingerprint density at radius 2 is 1.71 bits per heavy atom. The molecule has 0 saturated carbocycles. The number of rotatable bonds is 4. The van der Waals surface area contributed by atoms with E-state index in [0.717, 1.165) is 16.6 Å². The van der Waals surface area contributed by atoms with Crippen LogP contribution in [0.5, 0.6) is 5.75 Å². The summed E-state index contributed by atoms with van der Waals surface area (Å²) in [7, 11) is 0. The zero-order valence-corrected chi connectivity index (χ0v) is 14.4.